The average molecular weight is 368 g/mol. The number of hydrogen-bond acceptors (Lipinski definition) is 5. The zero-order valence-electron chi connectivity index (χ0n) is 14.4. The molecule has 1 aromatic rings. The van der Waals surface area contributed by atoms with Crippen LogP contribution in [0.4, 0.5) is 0 Å². The van der Waals surface area contributed by atoms with E-state index < -0.39 is 15.8 Å². The molecule has 2 saturated heterocycles. The van der Waals surface area contributed by atoms with Crippen molar-refractivity contribution in [2.24, 2.45) is 0 Å². The van der Waals surface area contributed by atoms with Crippen molar-refractivity contribution >= 4 is 15.9 Å². The maximum Gasteiger partial charge on any atom is 0.251 e. The second kappa shape index (κ2) is 7.41. The maximum absolute atomic E-state index is 12.8. The van der Waals surface area contributed by atoms with E-state index in [0.29, 0.717) is 51.3 Å². The number of sulfonamides is 1. The second-order valence-electron chi connectivity index (χ2n) is 6.29. The van der Waals surface area contributed by atoms with Gasteiger partial charge in [0.15, 0.2) is 5.79 Å². The number of nitrogens with zero attached hydrogens (tertiary/aromatic N) is 1. The van der Waals surface area contributed by atoms with E-state index in [1.54, 1.807) is 12.1 Å². The molecule has 0 unspecified atom stereocenters. The predicted octanol–water partition coefficient (Wildman–Crippen LogP) is 1.35. The third-order valence-corrected chi connectivity index (χ3v) is 6.50. The highest BCUT2D eigenvalue weighted by Crippen LogP contribution is 2.33. The molecule has 1 N–H and O–H groups in total. The third-order valence-electron chi connectivity index (χ3n) is 4.59. The van der Waals surface area contributed by atoms with Gasteiger partial charge in [-0.15, -0.1) is 0 Å². The summed E-state index contributed by atoms with van der Waals surface area (Å²) in [6.07, 6.45) is 1.91. The van der Waals surface area contributed by atoms with E-state index in [1.807, 2.05) is 6.92 Å². The molecule has 8 heteroatoms. The van der Waals surface area contributed by atoms with Crippen molar-refractivity contribution < 1.29 is 22.7 Å². The summed E-state index contributed by atoms with van der Waals surface area (Å²) in [6.45, 7) is 4.42. The molecule has 0 radical (unpaired) electrons. The zero-order chi connectivity index (χ0) is 17.9. The van der Waals surface area contributed by atoms with E-state index in [0.717, 1.165) is 6.42 Å². The van der Waals surface area contributed by atoms with Crippen LogP contribution in [0.15, 0.2) is 29.2 Å². The molecule has 3 rings (SSSR count). The summed E-state index contributed by atoms with van der Waals surface area (Å²) in [6, 6.07) is 6.07. The van der Waals surface area contributed by atoms with Gasteiger partial charge in [0.25, 0.3) is 5.91 Å². The molecule has 0 saturated carbocycles. The predicted molar refractivity (Wildman–Crippen MR) is 91.7 cm³/mol. The van der Waals surface area contributed by atoms with Crippen molar-refractivity contribution in [1.29, 1.82) is 0 Å². The molecular formula is C17H24N2O5S. The summed E-state index contributed by atoms with van der Waals surface area (Å²) < 4.78 is 38.3. The summed E-state index contributed by atoms with van der Waals surface area (Å²) >= 11 is 0. The van der Waals surface area contributed by atoms with Crippen LogP contribution in [0.5, 0.6) is 0 Å². The lowest BCUT2D eigenvalue weighted by molar-refractivity contribution is -0.179. The molecule has 0 bridgehead atoms. The SMILES string of the molecule is CCCNC(=O)c1ccc(S(=O)(=O)N2CCC3(CC2)OCCO3)cc1. The minimum absolute atomic E-state index is 0.193. The van der Waals surface area contributed by atoms with Crippen LogP contribution in [0.3, 0.4) is 0 Å². The van der Waals surface area contributed by atoms with Gasteiger partial charge in [-0.2, -0.15) is 4.31 Å². The largest absolute Gasteiger partial charge is 0.352 e. The van der Waals surface area contributed by atoms with Gasteiger partial charge in [0.1, 0.15) is 0 Å². The van der Waals surface area contributed by atoms with Gasteiger partial charge in [0.2, 0.25) is 10.0 Å². The Balaban J connectivity index is 1.67. The van der Waals surface area contributed by atoms with E-state index >= 15 is 0 Å². The number of hydrogen-bond donors (Lipinski definition) is 1. The monoisotopic (exact) mass is 368 g/mol. The Morgan fingerprint density at radius 1 is 1.16 bits per heavy atom. The molecular weight excluding hydrogens is 344 g/mol. The lowest BCUT2D eigenvalue weighted by Crippen LogP contribution is -2.47. The molecule has 2 aliphatic heterocycles. The third kappa shape index (κ3) is 3.87. The molecule has 2 fully saturated rings. The molecule has 1 spiro atoms. The van der Waals surface area contributed by atoms with Crippen molar-refractivity contribution in [3.05, 3.63) is 29.8 Å². The Kier molecular flexibility index (Phi) is 5.43. The van der Waals surface area contributed by atoms with E-state index in [4.69, 9.17) is 9.47 Å². The summed E-state index contributed by atoms with van der Waals surface area (Å²) in [5, 5.41) is 2.77. The highest BCUT2D eigenvalue weighted by molar-refractivity contribution is 7.89. The summed E-state index contributed by atoms with van der Waals surface area (Å²) in [5.41, 5.74) is 0.456. The minimum Gasteiger partial charge on any atom is -0.352 e. The first-order chi connectivity index (χ1) is 12.0. The Hall–Kier alpha value is -1.48. The second-order valence-corrected chi connectivity index (χ2v) is 8.23. The molecule has 2 aliphatic rings. The maximum atomic E-state index is 12.8. The fourth-order valence-electron chi connectivity index (χ4n) is 3.12. The summed E-state index contributed by atoms with van der Waals surface area (Å²) in [5.74, 6) is -0.797. The number of carbonyl (C=O) groups excluding carboxylic acids is 1. The molecule has 1 aromatic carbocycles. The van der Waals surface area contributed by atoms with Crippen LogP contribution in [0.2, 0.25) is 0 Å². The normalized spacial score (nSPS) is 20.7. The Labute approximate surface area is 148 Å². The van der Waals surface area contributed by atoms with Gasteiger partial charge in [-0.1, -0.05) is 6.92 Å². The number of rotatable bonds is 5. The van der Waals surface area contributed by atoms with Crippen LogP contribution < -0.4 is 5.32 Å². The van der Waals surface area contributed by atoms with Gasteiger partial charge in [-0.3, -0.25) is 4.79 Å². The number of nitrogens with one attached hydrogen (secondary N) is 1. The number of carbonyl (C=O) groups is 1. The van der Waals surface area contributed by atoms with Gasteiger partial charge in [0, 0.05) is 38.0 Å². The number of ether oxygens (including phenoxy) is 2. The molecule has 0 aromatic heterocycles. The van der Waals surface area contributed by atoms with Crippen LogP contribution >= 0.6 is 0 Å². The Morgan fingerprint density at radius 3 is 2.32 bits per heavy atom. The highest BCUT2D eigenvalue weighted by Gasteiger charge is 2.42. The van der Waals surface area contributed by atoms with Crippen LogP contribution in [0.25, 0.3) is 0 Å². The van der Waals surface area contributed by atoms with Crippen LogP contribution in [-0.2, 0) is 19.5 Å². The van der Waals surface area contributed by atoms with Crippen molar-refractivity contribution in [2.75, 3.05) is 32.8 Å². The molecule has 0 aliphatic carbocycles. The van der Waals surface area contributed by atoms with Gasteiger partial charge in [0.05, 0.1) is 18.1 Å². The first kappa shape index (κ1) is 18.3. The van der Waals surface area contributed by atoms with E-state index in [9.17, 15) is 13.2 Å². The van der Waals surface area contributed by atoms with Gasteiger partial charge in [-0.25, -0.2) is 8.42 Å². The standard InChI is InChI=1S/C17H24N2O5S/c1-2-9-18-16(20)14-3-5-15(6-4-14)25(21,22)19-10-7-17(8-11-19)23-12-13-24-17/h3-6H,2,7-13H2,1H3,(H,18,20). The Morgan fingerprint density at radius 2 is 1.76 bits per heavy atom. The first-order valence-corrected chi connectivity index (χ1v) is 10.1. The van der Waals surface area contributed by atoms with Crippen LogP contribution in [0.1, 0.15) is 36.5 Å². The highest BCUT2D eigenvalue weighted by atomic mass is 32.2. The molecule has 0 atom stereocenters. The first-order valence-electron chi connectivity index (χ1n) is 8.63. The molecule has 138 valence electrons. The number of amides is 1. The average Bonchev–Trinajstić information content (AvgIpc) is 3.08. The quantitative estimate of drug-likeness (QED) is 0.848. The van der Waals surface area contributed by atoms with Gasteiger partial charge < -0.3 is 14.8 Å². The molecule has 25 heavy (non-hydrogen) atoms. The van der Waals surface area contributed by atoms with Crippen LogP contribution in [0, 0.1) is 0 Å². The van der Waals surface area contributed by atoms with Gasteiger partial charge in [-0.05, 0) is 30.7 Å². The van der Waals surface area contributed by atoms with Crippen molar-refractivity contribution in [3.63, 3.8) is 0 Å². The molecule has 7 nitrogen and oxygen atoms in total. The van der Waals surface area contributed by atoms with Crippen LogP contribution in [-0.4, -0.2) is 57.3 Å². The smallest absolute Gasteiger partial charge is 0.251 e. The fraction of sp³-hybridized carbons (Fsp3) is 0.588. The van der Waals surface area contributed by atoms with Crippen molar-refractivity contribution in [1.82, 2.24) is 9.62 Å². The summed E-state index contributed by atoms with van der Waals surface area (Å²) in [7, 11) is -3.58. The van der Waals surface area contributed by atoms with Crippen molar-refractivity contribution in [2.45, 2.75) is 36.9 Å². The van der Waals surface area contributed by atoms with Crippen molar-refractivity contribution in [3.8, 4) is 0 Å². The minimum atomic E-state index is -3.58. The van der Waals surface area contributed by atoms with E-state index in [2.05, 4.69) is 5.32 Å². The topological polar surface area (TPSA) is 84.9 Å². The lowest BCUT2D eigenvalue weighted by atomic mass is 10.1. The van der Waals surface area contributed by atoms with Gasteiger partial charge >= 0.3 is 0 Å². The summed E-state index contributed by atoms with van der Waals surface area (Å²) in [4.78, 5) is 12.1. The number of benzene rings is 1. The zero-order valence-corrected chi connectivity index (χ0v) is 15.2. The number of piperidine rings is 1. The fourth-order valence-corrected chi connectivity index (χ4v) is 4.56. The molecule has 2 heterocycles. The lowest BCUT2D eigenvalue weighted by Gasteiger charge is -2.36. The Bertz CT molecular complexity index is 701. The van der Waals surface area contributed by atoms with E-state index in [1.165, 1.54) is 16.4 Å². The molecule has 1 amide bonds. The van der Waals surface area contributed by atoms with E-state index in [-0.39, 0.29) is 10.8 Å².